The number of fused-ring (bicyclic) bond motifs is 1. The smallest absolute Gasteiger partial charge is 0.161 e. The van der Waals surface area contributed by atoms with E-state index in [0.717, 1.165) is 11.5 Å². The van der Waals surface area contributed by atoms with Crippen molar-refractivity contribution in [2.75, 3.05) is 13.7 Å². The molecule has 0 amide bonds. The van der Waals surface area contributed by atoms with Crippen LogP contribution in [0.25, 0.3) is 0 Å². The molecule has 0 saturated heterocycles. The van der Waals surface area contributed by atoms with Crippen molar-refractivity contribution >= 4 is 0 Å². The average Bonchev–Trinajstić information content (AvgIpc) is 2.50. The first kappa shape index (κ1) is 13.0. The van der Waals surface area contributed by atoms with Gasteiger partial charge < -0.3 is 14.8 Å². The third-order valence-corrected chi connectivity index (χ3v) is 3.74. The van der Waals surface area contributed by atoms with Crippen LogP contribution in [0.2, 0.25) is 0 Å². The molecule has 1 N–H and O–H groups in total. The normalized spacial score (nSPS) is 18.6. The SMILES string of the molecule is CNC(c1ccccc1C)C1COc2ccccc2O1. The molecule has 1 aliphatic rings. The number of benzene rings is 2. The minimum Gasteiger partial charge on any atom is -0.486 e. The Labute approximate surface area is 119 Å². The van der Waals surface area contributed by atoms with E-state index in [1.54, 1.807) is 0 Å². The molecule has 0 bridgehead atoms. The van der Waals surface area contributed by atoms with Crippen molar-refractivity contribution in [1.82, 2.24) is 5.32 Å². The second kappa shape index (κ2) is 5.55. The van der Waals surface area contributed by atoms with Crippen LogP contribution >= 0.6 is 0 Å². The first-order valence-corrected chi connectivity index (χ1v) is 6.91. The van der Waals surface area contributed by atoms with Crippen molar-refractivity contribution in [2.45, 2.75) is 19.1 Å². The van der Waals surface area contributed by atoms with Gasteiger partial charge in [0, 0.05) is 0 Å². The highest BCUT2D eigenvalue weighted by Gasteiger charge is 2.29. The molecular weight excluding hydrogens is 250 g/mol. The van der Waals surface area contributed by atoms with E-state index < -0.39 is 0 Å². The van der Waals surface area contributed by atoms with Crippen molar-refractivity contribution in [2.24, 2.45) is 0 Å². The number of nitrogens with one attached hydrogen (secondary N) is 1. The van der Waals surface area contributed by atoms with E-state index in [-0.39, 0.29) is 12.1 Å². The molecule has 2 atom stereocenters. The molecule has 3 nitrogen and oxygen atoms in total. The van der Waals surface area contributed by atoms with E-state index in [2.05, 4.69) is 36.5 Å². The molecule has 0 saturated carbocycles. The van der Waals surface area contributed by atoms with Crippen molar-refractivity contribution < 1.29 is 9.47 Å². The van der Waals surface area contributed by atoms with Gasteiger partial charge in [0.2, 0.25) is 0 Å². The summed E-state index contributed by atoms with van der Waals surface area (Å²) in [6, 6.07) is 16.3. The average molecular weight is 269 g/mol. The third kappa shape index (κ3) is 2.37. The summed E-state index contributed by atoms with van der Waals surface area (Å²) in [4.78, 5) is 0. The minimum atomic E-state index is -0.0315. The van der Waals surface area contributed by atoms with Crippen molar-refractivity contribution in [3.05, 3.63) is 59.7 Å². The van der Waals surface area contributed by atoms with E-state index in [9.17, 15) is 0 Å². The Morgan fingerprint density at radius 3 is 2.50 bits per heavy atom. The van der Waals surface area contributed by atoms with E-state index in [4.69, 9.17) is 9.47 Å². The molecule has 0 fully saturated rings. The van der Waals surface area contributed by atoms with E-state index in [1.807, 2.05) is 31.3 Å². The zero-order valence-corrected chi connectivity index (χ0v) is 11.8. The van der Waals surface area contributed by atoms with Crippen LogP contribution < -0.4 is 14.8 Å². The Kier molecular flexibility index (Phi) is 3.61. The molecule has 3 rings (SSSR count). The molecule has 104 valence electrons. The molecule has 20 heavy (non-hydrogen) atoms. The lowest BCUT2D eigenvalue weighted by molar-refractivity contribution is 0.0637. The van der Waals surface area contributed by atoms with Gasteiger partial charge in [-0.2, -0.15) is 0 Å². The second-order valence-corrected chi connectivity index (χ2v) is 5.04. The van der Waals surface area contributed by atoms with Gasteiger partial charge in [-0.05, 0) is 37.2 Å². The lowest BCUT2D eigenvalue weighted by Gasteiger charge is -2.33. The highest BCUT2D eigenvalue weighted by molar-refractivity contribution is 5.41. The topological polar surface area (TPSA) is 30.5 Å². The fraction of sp³-hybridized carbons (Fsp3) is 0.294. The van der Waals surface area contributed by atoms with Gasteiger partial charge in [0.05, 0.1) is 6.04 Å². The monoisotopic (exact) mass is 269 g/mol. The van der Waals surface area contributed by atoms with Crippen LogP contribution in [-0.2, 0) is 0 Å². The Bertz CT molecular complexity index is 597. The Morgan fingerprint density at radius 2 is 1.75 bits per heavy atom. The standard InChI is InChI=1S/C17H19NO2/c1-12-7-3-4-8-13(12)17(18-2)16-11-19-14-9-5-6-10-15(14)20-16/h3-10,16-18H,11H2,1-2H3. The lowest BCUT2D eigenvalue weighted by atomic mass is 9.97. The maximum atomic E-state index is 6.11. The summed E-state index contributed by atoms with van der Waals surface area (Å²) in [6.07, 6.45) is -0.0315. The second-order valence-electron chi connectivity index (χ2n) is 5.04. The van der Waals surface area contributed by atoms with Crippen LogP contribution in [0.3, 0.4) is 0 Å². The number of rotatable bonds is 3. The number of hydrogen-bond acceptors (Lipinski definition) is 3. The molecule has 3 heteroatoms. The predicted octanol–water partition coefficient (Wildman–Crippen LogP) is 3.10. The number of ether oxygens (including phenoxy) is 2. The van der Waals surface area contributed by atoms with Crippen molar-refractivity contribution in [3.63, 3.8) is 0 Å². The fourth-order valence-electron chi connectivity index (χ4n) is 2.68. The summed E-state index contributed by atoms with van der Waals surface area (Å²) in [6.45, 7) is 2.67. The van der Waals surface area contributed by atoms with E-state index >= 15 is 0 Å². The highest BCUT2D eigenvalue weighted by Crippen LogP contribution is 2.34. The largest absolute Gasteiger partial charge is 0.486 e. The van der Waals surface area contributed by atoms with Crippen LogP contribution in [0.15, 0.2) is 48.5 Å². The number of para-hydroxylation sites is 2. The number of likely N-dealkylation sites (N-methyl/N-ethyl adjacent to an activating group) is 1. The van der Waals surface area contributed by atoms with Gasteiger partial charge >= 0.3 is 0 Å². The van der Waals surface area contributed by atoms with Crippen LogP contribution in [0.5, 0.6) is 11.5 Å². The molecule has 2 aromatic carbocycles. The van der Waals surface area contributed by atoms with Gasteiger partial charge in [0.25, 0.3) is 0 Å². The first-order chi connectivity index (χ1) is 9.79. The Balaban J connectivity index is 1.87. The van der Waals surface area contributed by atoms with Gasteiger partial charge in [0.15, 0.2) is 17.6 Å². The zero-order valence-electron chi connectivity index (χ0n) is 11.8. The summed E-state index contributed by atoms with van der Waals surface area (Å²) in [5, 5.41) is 3.35. The van der Waals surface area contributed by atoms with Crippen molar-refractivity contribution in [1.29, 1.82) is 0 Å². The number of aryl methyl sites for hydroxylation is 1. The number of hydrogen-bond donors (Lipinski definition) is 1. The van der Waals surface area contributed by atoms with Gasteiger partial charge in [0.1, 0.15) is 6.61 Å². The molecule has 1 aliphatic heterocycles. The van der Waals surface area contributed by atoms with Crippen molar-refractivity contribution in [3.8, 4) is 11.5 Å². The molecule has 0 spiro atoms. The van der Waals surface area contributed by atoms with Gasteiger partial charge in [-0.1, -0.05) is 36.4 Å². The summed E-state index contributed by atoms with van der Waals surface area (Å²) in [7, 11) is 1.96. The maximum absolute atomic E-state index is 6.11. The molecule has 2 unspecified atom stereocenters. The van der Waals surface area contributed by atoms with Gasteiger partial charge in [-0.3, -0.25) is 0 Å². The van der Waals surface area contributed by atoms with Gasteiger partial charge in [-0.15, -0.1) is 0 Å². The zero-order chi connectivity index (χ0) is 13.9. The van der Waals surface area contributed by atoms with Crippen LogP contribution in [-0.4, -0.2) is 19.8 Å². The minimum absolute atomic E-state index is 0.0315. The predicted molar refractivity (Wildman–Crippen MR) is 79.3 cm³/mol. The highest BCUT2D eigenvalue weighted by atomic mass is 16.6. The van der Waals surface area contributed by atoms with E-state index in [0.29, 0.717) is 6.61 Å². The fourth-order valence-corrected chi connectivity index (χ4v) is 2.68. The van der Waals surface area contributed by atoms with Crippen LogP contribution in [0.1, 0.15) is 17.2 Å². The quantitative estimate of drug-likeness (QED) is 0.928. The summed E-state index contributed by atoms with van der Waals surface area (Å²) >= 11 is 0. The molecule has 0 radical (unpaired) electrons. The van der Waals surface area contributed by atoms with Crippen LogP contribution in [0.4, 0.5) is 0 Å². The third-order valence-electron chi connectivity index (χ3n) is 3.74. The summed E-state index contributed by atoms with van der Waals surface area (Å²) < 4.78 is 11.9. The van der Waals surface area contributed by atoms with E-state index in [1.165, 1.54) is 11.1 Å². The molecule has 0 aliphatic carbocycles. The molecule has 0 aromatic heterocycles. The molecule has 2 aromatic rings. The maximum Gasteiger partial charge on any atom is 0.161 e. The van der Waals surface area contributed by atoms with Gasteiger partial charge in [-0.25, -0.2) is 0 Å². The Hall–Kier alpha value is -2.00. The van der Waals surface area contributed by atoms with Crippen LogP contribution in [0, 0.1) is 6.92 Å². The molecule has 1 heterocycles. The summed E-state index contributed by atoms with van der Waals surface area (Å²) in [5.74, 6) is 1.64. The first-order valence-electron chi connectivity index (χ1n) is 6.91. The Morgan fingerprint density at radius 1 is 1.05 bits per heavy atom. The molecular formula is C17H19NO2. The lowest BCUT2D eigenvalue weighted by Crippen LogP contribution is -2.40. The summed E-state index contributed by atoms with van der Waals surface area (Å²) in [5.41, 5.74) is 2.51.